The van der Waals surface area contributed by atoms with Crippen molar-refractivity contribution in [3.8, 4) is 23.0 Å². The minimum absolute atomic E-state index is 0.00892. The number of rotatable bonds is 7. The SMILES string of the molecule is CN1CC(c2noc(-c3ccc(CN4C[C@H](c5ccccc5)CC4=O)c(Oc4ccc(Cl)c(F)c4)c3)n2)CC1=O. The van der Waals surface area contributed by atoms with Gasteiger partial charge in [-0.3, -0.25) is 9.59 Å². The highest BCUT2D eigenvalue weighted by molar-refractivity contribution is 6.30. The second-order valence-electron chi connectivity index (χ2n) is 10.2. The molecular weight excluding hydrogens is 535 g/mol. The molecule has 3 heterocycles. The van der Waals surface area contributed by atoms with Gasteiger partial charge in [-0.25, -0.2) is 4.39 Å². The summed E-state index contributed by atoms with van der Waals surface area (Å²) in [5.74, 6) is 0.888. The minimum Gasteiger partial charge on any atom is -0.457 e. The summed E-state index contributed by atoms with van der Waals surface area (Å²) in [5.41, 5.74) is 2.47. The van der Waals surface area contributed by atoms with Gasteiger partial charge in [0.25, 0.3) is 5.89 Å². The van der Waals surface area contributed by atoms with Crippen molar-refractivity contribution in [2.45, 2.75) is 31.2 Å². The van der Waals surface area contributed by atoms with Crippen LogP contribution in [0.15, 0.2) is 71.3 Å². The molecule has 0 radical (unpaired) electrons. The molecule has 2 aliphatic heterocycles. The number of carbonyl (C=O) groups excluding carboxylic acids is 2. The monoisotopic (exact) mass is 560 g/mol. The van der Waals surface area contributed by atoms with Crippen LogP contribution in [0.2, 0.25) is 5.02 Å². The highest BCUT2D eigenvalue weighted by atomic mass is 35.5. The van der Waals surface area contributed by atoms with Gasteiger partial charge in [-0.15, -0.1) is 0 Å². The van der Waals surface area contributed by atoms with Gasteiger partial charge < -0.3 is 19.1 Å². The van der Waals surface area contributed by atoms with Crippen molar-refractivity contribution < 1.29 is 23.2 Å². The summed E-state index contributed by atoms with van der Waals surface area (Å²) in [7, 11) is 1.75. The Kier molecular flexibility index (Phi) is 6.98. The number of hydrogen-bond donors (Lipinski definition) is 0. The quantitative estimate of drug-likeness (QED) is 0.284. The van der Waals surface area contributed by atoms with Crippen molar-refractivity contribution in [2.24, 2.45) is 0 Å². The molecule has 40 heavy (non-hydrogen) atoms. The Balaban J connectivity index is 1.28. The zero-order valence-corrected chi connectivity index (χ0v) is 22.5. The number of halogens is 2. The van der Waals surface area contributed by atoms with E-state index in [0.717, 1.165) is 11.1 Å². The van der Waals surface area contributed by atoms with Crippen LogP contribution in [0.1, 0.15) is 41.6 Å². The fraction of sp³-hybridized carbons (Fsp3) is 0.267. The Morgan fingerprint density at radius 3 is 2.55 bits per heavy atom. The number of likely N-dealkylation sites (N-methyl/N-ethyl adjacent to an activating group) is 1. The lowest BCUT2D eigenvalue weighted by molar-refractivity contribution is -0.128. The highest BCUT2D eigenvalue weighted by Gasteiger charge is 2.33. The molecule has 2 aliphatic rings. The summed E-state index contributed by atoms with van der Waals surface area (Å²) in [6, 6.07) is 19.6. The molecule has 3 aromatic carbocycles. The summed E-state index contributed by atoms with van der Waals surface area (Å²) in [4.78, 5) is 32.9. The lowest BCUT2D eigenvalue weighted by atomic mass is 9.98. The lowest BCUT2D eigenvalue weighted by Gasteiger charge is -2.20. The van der Waals surface area contributed by atoms with Crippen molar-refractivity contribution in [2.75, 3.05) is 20.1 Å². The van der Waals surface area contributed by atoms with E-state index < -0.39 is 5.82 Å². The van der Waals surface area contributed by atoms with Gasteiger partial charge in [-0.2, -0.15) is 4.98 Å². The fourth-order valence-electron chi connectivity index (χ4n) is 5.21. The molecule has 2 fully saturated rings. The van der Waals surface area contributed by atoms with Crippen molar-refractivity contribution >= 4 is 23.4 Å². The molecule has 0 spiro atoms. The molecule has 204 valence electrons. The van der Waals surface area contributed by atoms with E-state index >= 15 is 0 Å². The van der Waals surface area contributed by atoms with Gasteiger partial charge in [-0.05, 0) is 29.8 Å². The second kappa shape index (κ2) is 10.7. The third-order valence-corrected chi connectivity index (χ3v) is 7.73. The Morgan fingerprint density at radius 2 is 1.80 bits per heavy atom. The van der Waals surface area contributed by atoms with E-state index in [4.69, 9.17) is 20.9 Å². The molecule has 10 heteroatoms. The maximum atomic E-state index is 14.2. The van der Waals surface area contributed by atoms with E-state index in [2.05, 4.69) is 10.1 Å². The predicted molar refractivity (Wildman–Crippen MR) is 145 cm³/mol. The Hall–Kier alpha value is -4.24. The Labute approximate surface area is 235 Å². The van der Waals surface area contributed by atoms with Crippen LogP contribution >= 0.6 is 11.6 Å². The lowest BCUT2D eigenvalue weighted by Crippen LogP contribution is -2.24. The zero-order valence-electron chi connectivity index (χ0n) is 21.7. The Bertz CT molecular complexity index is 1580. The number of aromatic nitrogens is 2. The Morgan fingerprint density at radius 1 is 1.00 bits per heavy atom. The van der Waals surface area contributed by atoms with Gasteiger partial charge in [0, 0.05) is 68.6 Å². The topological polar surface area (TPSA) is 88.8 Å². The molecule has 0 bridgehead atoms. The zero-order chi connectivity index (χ0) is 27.8. The normalized spacial score (nSPS) is 19.1. The van der Waals surface area contributed by atoms with Crippen molar-refractivity contribution in [3.63, 3.8) is 0 Å². The van der Waals surface area contributed by atoms with Crippen LogP contribution < -0.4 is 4.74 Å². The maximum absolute atomic E-state index is 14.2. The summed E-state index contributed by atoms with van der Waals surface area (Å²) in [6.45, 7) is 1.43. The molecule has 2 saturated heterocycles. The van der Waals surface area contributed by atoms with E-state index in [9.17, 15) is 14.0 Å². The number of ether oxygens (including phenoxy) is 1. The fourth-order valence-corrected chi connectivity index (χ4v) is 5.33. The van der Waals surface area contributed by atoms with Crippen LogP contribution in [0, 0.1) is 5.82 Å². The van der Waals surface area contributed by atoms with Gasteiger partial charge in [0.1, 0.15) is 17.3 Å². The predicted octanol–water partition coefficient (Wildman–Crippen LogP) is 5.78. The largest absolute Gasteiger partial charge is 0.457 e. The van der Waals surface area contributed by atoms with E-state index in [1.807, 2.05) is 42.5 Å². The summed E-state index contributed by atoms with van der Waals surface area (Å²) in [5, 5.41) is 4.10. The molecular formula is C30H26ClFN4O4. The number of amides is 2. The van der Waals surface area contributed by atoms with E-state index in [-0.39, 0.29) is 40.3 Å². The second-order valence-corrected chi connectivity index (χ2v) is 10.6. The third-order valence-electron chi connectivity index (χ3n) is 7.43. The van der Waals surface area contributed by atoms with Crippen LogP contribution in [0.5, 0.6) is 11.5 Å². The van der Waals surface area contributed by atoms with Crippen LogP contribution in [0.25, 0.3) is 11.5 Å². The highest BCUT2D eigenvalue weighted by Crippen LogP contribution is 2.36. The molecule has 0 saturated carbocycles. The minimum atomic E-state index is -0.602. The standard InChI is InChI=1S/C30H26ClFN4O4/c1-35-15-22(13-27(35)37)29-33-30(40-34-29)19-7-8-20(26(11-19)39-23-9-10-24(31)25(32)14-23)16-36-17-21(12-28(36)38)18-5-3-2-4-6-18/h2-11,14,21-22H,12-13,15-17H2,1H3/t21-,22?/m1/s1. The van der Waals surface area contributed by atoms with Crippen molar-refractivity contribution in [1.29, 1.82) is 0 Å². The molecule has 0 N–H and O–H groups in total. The molecule has 2 atom stereocenters. The van der Waals surface area contributed by atoms with Crippen LogP contribution in [-0.4, -0.2) is 51.9 Å². The number of carbonyl (C=O) groups is 2. The number of benzene rings is 3. The molecule has 6 rings (SSSR count). The van der Waals surface area contributed by atoms with E-state index in [0.29, 0.717) is 49.6 Å². The average Bonchev–Trinajstić information content (AvgIpc) is 3.67. The van der Waals surface area contributed by atoms with E-state index in [1.54, 1.807) is 29.0 Å². The van der Waals surface area contributed by atoms with Gasteiger partial charge in [0.05, 0.1) is 5.02 Å². The van der Waals surface area contributed by atoms with Crippen molar-refractivity contribution in [1.82, 2.24) is 19.9 Å². The van der Waals surface area contributed by atoms with E-state index in [1.165, 1.54) is 12.1 Å². The van der Waals surface area contributed by atoms with Gasteiger partial charge in [0.2, 0.25) is 11.8 Å². The summed E-state index contributed by atoms with van der Waals surface area (Å²) >= 11 is 5.86. The maximum Gasteiger partial charge on any atom is 0.258 e. The van der Waals surface area contributed by atoms with Gasteiger partial charge in [-0.1, -0.05) is 53.2 Å². The first kappa shape index (κ1) is 26.0. The first-order valence-electron chi connectivity index (χ1n) is 13.0. The molecule has 1 aromatic heterocycles. The molecule has 4 aromatic rings. The van der Waals surface area contributed by atoms with Crippen LogP contribution in [0.3, 0.4) is 0 Å². The number of hydrogen-bond acceptors (Lipinski definition) is 6. The smallest absolute Gasteiger partial charge is 0.258 e. The molecule has 1 unspecified atom stereocenters. The number of nitrogens with zero attached hydrogens (tertiary/aromatic N) is 4. The van der Waals surface area contributed by atoms with Crippen LogP contribution in [0.4, 0.5) is 4.39 Å². The number of likely N-dealkylation sites (tertiary alicyclic amines) is 2. The first-order chi connectivity index (χ1) is 19.3. The summed E-state index contributed by atoms with van der Waals surface area (Å²) < 4.78 is 25.9. The summed E-state index contributed by atoms with van der Waals surface area (Å²) in [6.07, 6.45) is 0.767. The average molecular weight is 561 g/mol. The van der Waals surface area contributed by atoms with Crippen molar-refractivity contribution in [3.05, 3.63) is 94.5 Å². The van der Waals surface area contributed by atoms with Gasteiger partial charge >= 0.3 is 0 Å². The first-order valence-corrected chi connectivity index (χ1v) is 13.4. The van der Waals surface area contributed by atoms with Crippen LogP contribution in [-0.2, 0) is 16.1 Å². The third kappa shape index (κ3) is 5.29. The molecule has 2 amide bonds. The van der Waals surface area contributed by atoms with Gasteiger partial charge in [0.15, 0.2) is 5.82 Å². The molecule has 0 aliphatic carbocycles. The molecule has 8 nitrogen and oxygen atoms in total.